The number of rotatable bonds is 3. The molecule has 1 unspecified atom stereocenters. The molecule has 3 atom stereocenters. The molecule has 0 spiro atoms. The Balaban J connectivity index is 1.49. The number of carbonyl (C=O) groups is 2. The zero-order valence-electron chi connectivity index (χ0n) is 21.2. The van der Waals surface area contributed by atoms with Crippen LogP contribution in [0.4, 0.5) is 13.2 Å². The number of guanidine groups is 1. The van der Waals surface area contributed by atoms with Crippen LogP contribution in [0.15, 0.2) is 52.4 Å². The number of alkyl halides is 3. The van der Waals surface area contributed by atoms with E-state index in [1.165, 1.54) is 29.2 Å². The van der Waals surface area contributed by atoms with Gasteiger partial charge in [-0.3, -0.25) is 14.5 Å². The van der Waals surface area contributed by atoms with Gasteiger partial charge in [0.25, 0.3) is 5.91 Å². The van der Waals surface area contributed by atoms with E-state index in [0.717, 1.165) is 0 Å². The molecule has 3 aliphatic rings. The number of nitrogens with one attached hydrogen (secondary N) is 1. The van der Waals surface area contributed by atoms with E-state index in [1.807, 2.05) is 0 Å². The molecular weight excluding hydrogens is 537 g/mol. The molecule has 0 fully saturated rings. The summed E-state index contributed by atoms with van der Waals surface area (Å²) in [5.41, 5.74) is 6.07. The molecule has 13 heteroatoms. The maximum atomic E-state index is 13.5. The Morgan fingerprint density at radius 3 is 2.59 bits per heavy atom. The lowest BCUT2D eigenvalue weighted by atomic mass is 9.94. The van der Waals surface area contributed by atoms with Crippen LogP contribution in [-0.4, -0.2) is 54.7 Å². The fourth-order valence-electron chi connectivity index (χ4n) is 5.35. The number of nitrogens with zero attached hydrogens (tertiary/aromatic N) is 2. The van der Waals surface area contributed by atoms with Gasteiger partial charge in [-0.25, -0.2) is 13.4 Å². The summed E-state index contributed by atoms with van der Waals surface area (Å²) in [6.07, 6.45) is -7.16. The Labute approximate surface area is 223 Å². The molecule has 3 heterocycles. The third-order valence-corrected chi connectivity index (χ3v) is 8.95. The topological polar surface area (TPSA) is 131 Å². The van der Waals surface area contributed by atoms with Crippen molar-refractivity contribution in [2.24, 2.45) is 10.7 Å². The number of aliphatic imine (C=N–C) groups is 1. The van der Waals surface area contributed by atoms with Gasteiger partial charge in [0.1, 0.15) is 5.75 Å². The number of fused-ring (bicyclic) bond motifs is 2. The van der Waals surface area contributed by atoms with Crippen molar-refractivity contribution in [2.45, 2.75) is 67.9 Å². The largest absolute Gasteiger partial charge is 0.480 e. The van der Waals surface area contributed by atoms with Crippen LogP contribution in [0.25, 0.3) is 0 Å². The molecule has 0 aliphatic carbocycles. The molecule has 0 radical (unpaired) electrons. The standard InChI is InChI=1S/C26H27F3N4O5S/c1-25(2)13-22(34)33(24(30)32-25)18-9-10-39(36,37)20-8-7-14(11-16(18)20)23(35)31-17-12-21(26(27,28)29)38-19-6-4-3-5-15(17)19/h3-8,11,17-18,21H,9-10,12-13H2,1-2H3,(H2,30,32)(H,31,35)/t17-,18+,21?/m0/s1. The summed E-state index contributed by atoms with van der Waals surface area (Å²) in [5.74, 6) is -1.27. The molecule has 0 saturated heterocycles. The average molecular weight is 565 g/mol. The first-order valence-electron chi connectivity index (χ1n) is 12.3. The van der Waals surface area contributed by atoms with Gasteiger partial charge >= 0.3 is 6.18 Å². The molecule has 0 bridgehead atoms. The fourth-order valence-corrected chi connectivity index (χ4v) is 6.93. The highest BCUT2D eigenvalue weighted by molar-refractivity contribution is 7.91. The zero-order chi connectivity index (χ0) is 28.3. The summed E-state index contributed by atoms with van der Waals surface area (Å²) in [6, 6.07) is 8.33. The molecule has 3 N–H and O–H groups in total. The molecule has 0 aromatic heterocycles. The van der Waals surface area contributed by atoms with E-state index in [2.05, 4.69) is 10.3 Å². The number of nitrogens with two attached hydrogens (primary N) is 1. The minimum Gasteiger partial charge on any atom is -0.480 e. The van der Waals surface area contributed by atoms with Crippen molar-refractivity contribution in [3.63, 3.8) is 0 Å². The molecule has 5 rings (SSSR count). The predicted octanol–water partition coefficient (Wildman–Crippen LogP) is 3.42. The Morgan fingerprint density at radius 1 is 1.18 bits per heavy atom. The van der Waals surface area contributed by atoms with Crippen molar-refractivity contribution in [2.75, 3.05) is 5.75 Å². The molecule has 2 aromatic carbocycles. The molecule has 208 valence electrons. The summed E-state index contributed by atoms with van der Waals surface area (Å²) < 4.78 is 71.4. The molecule has 3 aliphatic heterocycles. The third kappa shape index (κ3) is 5.07. The number of halogens is 3. The Morgan fingerprint density at radius 2 is 1.90 bits per heavy atom. The number of hydrogen-bond acceptors (Lipinski definition) is 7. The van der Waals surface area contributed by atoms with Gasteiger partial charge in [0, 0.05) is 17.5 Å². The molecule has 0 saturated carbocycles. The van der Waals surface area contributed by atoms with Crippen LogP contribution >= 0.6 is 0 Å². The first-order valence-corrected chi connectivity index (χ1v) is 14.0. The van der Waals surface area contributed by atoms with Crippen molar-refractivity contribution in [3.8, 4) is 5.75 Å². The normalized spacial score (nSPS) is 25.6. The van der Waals surface area contributed by atoms with Crippen LogP contribution in [0.1, 0.15) is 66.7 Å². The van der Waals surface area contributed by atoms with Gasteiger partial charge in [-0.05, 0) is 50.1 Å². The first-order chi connectivity index (χ1) is 18.2. The number of para-hydroxylation sites is 1. The molecule has 39 heavy (non-hydrogen) atoms. The maximum Gasteiger partial charge on any atom is 0.425 e. The van der Waals surface area contributed by atoms with Crippen molar-refractivity contribution in [1.82, 2.24) is 10.2 Å². The van der Waals surface area contributed by atoms with E-state index in [-0.39, 0.29) is 52.2 Å². The Hall–Kier alpha value is -3.61. The molecular formula is C26H27F3N4O5S. The van der Waals surface area contributed by atoms with Gasteiger partial charge in [0.05, 0.1) is 34.7 Å². The lowest BCUT2D eigenvalue weighted by molar-refractivity contribution is -0.201. The van der Waals surface area contributed by atoms with Crippen LogP contribution in [0.5, 0.6) is 5.75 Å². The van der Waals surface area contributed by atoms with Crippen molar-refractivity contribution in [3.05, 3.63) is 59.2 Å². The van der Waals surface area contributed by atoms with Crippen LogP contribution in [0, 0.1) is 0 Å². The Kier molecular flexibility index (Phi) is 6.40. The Bertz CT molecular complexity index is 1490. The van der Waals surface area contributed by atoms with E-state index < -0.39 is 52.1 Å². The number of ether oxygens (including phenoxy) is 1. The summed E-state index contributed by atoms with van der Waals surface area (Å²) in [7, 11) is -3.70. The number of sulfone groups is 1. The van der Waals surface area contributed by atoms with E-state index in [4.69, 9.17) is 10.5 Å². The lowest BCUT2D eigenvalue weighted by Crippen LogP contribution is -2.52. The highest BCUT2D eigenvalue weighted by atomic mass is 32.2. The fraction of sp³-hybridized carbons (Fsp3) is 0.423. The van der Waals surface area contributed by atoms with Gasteiger partial charge < -0.3 is 15.8 Å². The average Bonchev–Trinajstić information content (AvgIpc) is 2.83. The van der Waals surface area contributed by atoms with E-state index in [1.54, 1.807) is 32.0 Å². The van der Waals surface area contributed by atoms with E-state index >= 15 is 0 Å². The van der Waals surface area contributed by atoms with Crippen molar-refractivity contribution >= 4 is 27.6 Å². The number of amides is 2. The smallest absolute Gasteiger partial charge is 0.425 e. The minimum absolute atomic E-state index is 0.0225. The quantitative estimate of drug-likeness (QED) is 0.588. The van der Waals surface area contributed by atoms with Gasteiger partial charge in [0.2, 0.25) is 5.91 Å². The molecule has 9 nitrogen and oxygen atoms in total. The van der Waals surface area contributed by atoms with Crippen LogP contribution < -0.4 is 15.8 Å². The van der Waals surface area contributed by atoms with Crippen LogP contribution in [0.3, 0.4) is 0 Å². The third-order valence-electron chi connectivity index (χ3n) is 7.14. The second-order valence-electron chi connectivity index (χ2n) is 10.5. The van der Waals surface area contributed by atoms with Crippen molar-refractivity contribution in [1.29, 1.82) is 0 Å². The lowest BCUT2D eigenvalue weighted by Gasteiger charge is -2.40. The summed E-state index contributed by atoms with van der Waals surface area (Å²) >= 11 is 0. The van der Waals surface area contributed by atoms with Gasteiger partial charge in [0.15, 0.2) is 21.9 Å². The first kappa shape index (κ1) is 27.0. The number of hydrogen-bond donors (Lipinski definition) is 2. The van der Waals surface area contributed by atoms with Crippen LogP contribution in [-0.2, 0) is 14.6 Å². The van der Waals surface area contributed by atoms with Crippen LogP contribution in [0.2, 0.25) is 0 Å². The highest BCUT2D eigenvalue weighted by Crippen LogP contribution is 2.41. The zero-order valence-corrected chi connectivity index (χ0v) is 22.0. The van der Waals surface area contributed by atoms with Crippen molar-refractivity contribution < 1.29 is 35.9 Å². The highest BCUT2D eigenvalue weighted by Gasteiger charge is 2.47. The van der Waals surface area contributed by atoms with E-state index in [0.29, 0.717) is 5.56 Å². The SMILES string of the molecule is CC1(C)CC(=O)N([C@@H]2CCS(=O)(=O)c3ccc(C(=O)N[C@H]4CC(C(F)(F)F)Oc5ccccc54)cc32)C(N)=N1. The van der Waals surface area contributed by atoms with Gasteiger partial charge in [-0.15, -0.1) is 0 Å². The van der Waals surface area contributed by atoms with Gasteiger partial charge in [-0.2, -0.15) is 13.2 Å². The maximum absolute atomic E-state index is 13.5. The molecule has 2 aromatic rings. The minimum atomic E-state index is -4.64. The second kappa shape index (κ2) is 9.25. The van der Waals surface area contributed by atoms with Gasteiger partial charge in [-0.1, -0.05) is 18.2 Å². The second-order valence-corrected chi connectivity index (χ2v) is 12.6. The summed E-state index contributed by atoms with van der Waals surface area (Å²) in [5, 5.41) is 2.65. The number of carbonyl (C=O) groups excluding carboxylic acids is 2. The summed E-state index contributed by atoms with van der Waals surface area (Å²) in [6.45, 7) is 3.52. The molecule has 2 amide bonds. The monoisotopic (exact) mass is 564 g/mol. The number of benzene rings is 2. The predicted molar refractivity (Wildman–Crippen MR) is 135 cm³/mol. The van der Waals surface area contributed by atoms with E-state index in [9.17, 15) is 31.2 Å². The summed E-state index contributed by atoms with van der Waals surface area (Å²) in [4.78, 5) is 32.0.